The Hall–Kier alpha value is -2.41. The second-order valence-electron chi connectivity index (χ2n) is 7.45. The van der Waals surface area contributed by atoms with E-state index in [9.17, 15) is 9.90 Å². The topological polar surface area (TPSA) is 78.6 Å². The van der Waals surface area contributed by atoms with E-state index in [1.54, 1.807) is 18.2 Å². The van der Waals surface area contributed by atoms with Gasteiger partial charge >= 0.3 is 0 Å². The molecule has 1 saturated heterocycles. The van der Waals surface area contributed by atoms with Crippen LogP contribution in [-0.4, -0.2) is 53.2 Å². The van der Waals surface area contributed by atoms with Crippen LogP contribution in [0, 0.1) is 0 Å². The number of hydrogen-bond donors (Lipinski definition) is 2. The fourth-order valence-electron chi connectivity index (χ4n) is 3.67. The van der Waals surface area contributed by atoms with E-state index in [-0.39, 0.29) is 12.0 Å². The van der Waals surface area contributed by atoms with Crippen molar-refractivity contribution in [2.75, 3.05) is 26.2 Å². The molecule has 0 saturated carbocycles. The lowest BCUT2D eigenvalue weighted by atomic mass is 10.1. The number of aliphatic hydroxyl groups is 1. The number of carbonyl (C=O) groups excluding carboxylic acids is 1. The van der Waals surface area contributed by atoms with E-state index >= 15 is 0 Å². The molecule has 0 radical (unpaired) electrons. The van der Waals surface area contributed by atoms with Crippen LogP contribution in [0.3, 0.4) is 0 Å². The summed E-state index contributed by atoms with van der Waals surface area (Å²) < 4.78 is 5.84. The van der Waals surface area contributed by atoms with Crippen molar-refractivity contribution < 1.29 is 14.3 Å². The van der Waals surface area contributed by atoms with Crippen molar-refractivity contribution in [3.8, 4) is 0 Å². The number of β-amino-alcohol motifs (C(OH)–C–C–N with tert-alkyl or cyclic N) is 1. The van der Waals surface area contributed by atoms with Gasteiger partial charge in [0.2, 0.25) is 0 Å². The Balaban J connectivity index is 1.37. The number of halogens is 1. The molecule has 4 rings (SSSR count). The Morgan fingerprint density at radius 2 is 2.21 bits per heavy atom. The molecule has 1 unspecified atom stereocenters. The first-order chi connectivity index (χ1) is 14.1. The zero-order valence-electron chi connectivity index (χ0n) is 16.1. The van der Waals surface area contributed by atoms with E-state index in [0.717, 1.165) is 37.0 Å². The van der Waals surface area contributed by atoms with E-state index in [1.807, 2.05) is 24.3 Å². The first kappa shape index (κ1) is 19.9. The molecule has 2 aromatic carbocycles. The van der Waals surface area contributed by atoms with Crippen molar-refractivity contribution in [3.63, 3.8) is 0 Å². The minimum Gasteiger partial charge on any atom is -0.440 e. The predicted molar refractivity (Wildman–Crippen MR) is 112 cm³/mol. The number of nitrogens with zero attached hydrogens (tertiary/aromatic N) is 2. The summed E-state index contributed by atoms with van der Waals surface area (Å²) in [6, 6.07) is 12.9. The number of carbonyl (C=O) groups is 1. The normalized spacial score (nSPS) is 17.5. The molecule has 1 aliphatic rings. The van der Waals surface area contributed by atoms with E-state index in [4.69, 9.17) is 16.0 Å². The average molecular weight is 414 g/mol. The van der Waals surface area contributed by atoms with Gasteiger partial charge in [0.15, 0.2) is 11.5 Å². The quantitative estimate of drug-likeness (QED) is 0.648. The number of rotatable bonds is 6. The highest BCUT2D eigenvalue weighted by molar-refractivity contribution is 6.30. The third-order valence-electron chi connectivity index (χ3n) is 5.13. The maximum absolute atomic E-state index is 12.5. The fraction of sp³-hybridized carbons (Fsp3) is 0.364. The molecule has 0 aliphatic carbocycles. The minimum absolute atomic E-state index is 0.141. The number of aromatic nitrogens is 1. The van der Waals surface area contributed by atoms with Gasteiger partial charge in [0, 0.05) is 36.6 Å². The SMILES string of the molecule is O=C(NCCN1CCCC(O)C1)c1ccc2nc(Cc3cccc(Cl)c3)oc2c1. The number of fused-ring (bicyclic) bond motifs is 1. The van der Waals surface area contributed by atoms with Crippen LogP contribution in [0.1, 0.15) is 34.7 Å². The molecule has 1 aliphatic heterocycles. The number of benzene rings is 2. The Kier molecular flexibility index (Phi) is 6.13. The number of aliphatic hydroxyl groups excluding tert-OH is 1. The largest absolute Gasteiger partial charge is 0.440 e. The van der Waals surface area contributed by atoms with Crippen molar-refractivity contribution in [2.24, 2.45) is 0 Å². The number of oxazole rings is 1. The van der Waals surface area contributed by atoms with E-state index in [1.165, 1.54) is 0 Å². The molecule has 1 aromatic heterocycles. The standard InChI is InChI=1S/C22H24ClN3O3/c23-17-4-1-3-15(11-17)12-21-25-19-7-6-16(13-20(19)29-21)22(28)24-8-10-26-9-2-5-18(27)14-26/h1,3-4,6-7,11,13,18,27H,2,5,8-10,12,14H2,(H,24,28). The minimum atomic E-state index is -0.255. The predicted octanol–water partition coefficient (Wildman–Crippen LogP) is 3.26. The molecule has 152 valence electrons. The van der Waals surface area contributed by atoms with Gasteiger partial charge in [-0.05, 0) is 55.3 Å². The van der Waals surface area contributed by atoms with Gasteiger partial charge in [-0.15, -0.1) is 0 Å². The summed E-state index contributed by atoms with van der Waals surface area (Å²) >= 11 is 6.03. The molecule has 0 bridgehead atoms. The number of piperidine rings is 1. The molecule has 1 fully saturated rings. The van der Waals surface area contributed by atoms with Crippen molar-refractivity contribution in [1.29, 1.82) is 0 Å². The van der Waals surface area contributed by atoms with Gasteiger partial charge in [0.1, 0.15) is 5.52 Å². The monoisotopic (exact) mass is 413 g/mol. The van der Waals surface area contributed by atoms with Crippen LogP contribution in [0.2, 0.25) is 5.02 Å². The summed E-state index contributed by atoms with van der Waals surface area (Å²) in [5, 5.41) is 13.3. The van der Waals surface area contributed by atoms with Crippen molar-refractivity contribution in [1.82, 2.24) is 15.2 Å². The maximum atomic E-state index is 12.5. The number of likely N-dealkylation sites (tertiary alicyclic amines) is 1. The van der Waals surface area contributed by atoms with Crippen LogP contribution >= 0.6 is 11.6 Å². The second kappa shape index (κ2) is 8.95. The van der Waals surface area contributed by atoms with Gasteiger partial charge < -0.3 is 14.8 Å². The van der Waals surface area contributed by atoms with Gasteiger partial charge in [-0.3, -0.25) is 9.69 Å². The number of nitrogens with one attached hydrogen (secondary N) is 1. The molecule has 29 heavy (non-hydrogen) atoms. The molecule has 3 aromatic rings. The fourth-order valence-corrected chi connectivity index (χ4v) is 3.89. The Labute approximate surface area is 174 Å². The summed E-state index contributed by atoms with van der Waals surface area (Å²) in [5.74, 6) is 0.445. The molecule has 2 N–H and O–H groups in total. The second-order valence-corrected chi connectivity index (χ2v) is 7.89. The first-order valence-corrected chi connectivity index (χ1v) is 10.3. The van der Waals surface area contributed by atoms with Gasteiger partial charge in [0.05, 0.1) is 6.10 Å². The molecule has 0 spiro atoms. The van der Waals surface area contributed by atoms with Crippen LogP contribution in [0.25, 0.3) is 11.1 Å². The van der Waals surface area contributed by atoms with Crippen molar-refractivity contribution >= 4 is 28.6 Å². The van der Waals surface area contributed by atoms with Crippen LogP contribution < -0.4 is 5.32 Å². The summed E-state index contributed by atoms with van der Waals surface area (Å²) in [4.78, 5) is 19.1. The summed E-state index contributed by atoms with van der Waals surface area (Å²) in [6.07, 6.45) is 2.14. The average Bonchev–Trinajstić information content (AvgIpc) is 3.09. The highest BCUT2D eigenvalue weighted by atomic mass is 35.5. The van der Waals surface area contributed by atoms with Crippen LogP contribution in [0.15, 0.2) is 46.9 Å². The Bertz CT molecular complexity index is 1000. The van der Waals surface area contributed by atoms with Gasteiger partial charge in [-0.25, -0.2) is 4.98 Å². The molecule has 7 heteroatoms. The zero-order valence-corrected chi connectivity index (χ0v) is 16.9. The van der Waals surface area contributed by atoms with Crippen LogP contribution in [-0.2, 0) is 6.42 Å². The van der Waals surface area contributed by atoms with E-state index in [2.05, 4.69) is 15.2 Å². The zero-order chi connectivity index (χ0) is 20.2. The number of hydrogen-bond acceptors (Lipinski definition) is 5. The third-order valence-corrected chi connectivity index (χ3v) is 5.37. The summed E-state index contributed by atoms with van der Waals surface area (Å²) in [7, 11) is 0. The smallest absolute Gasteiger partial charge is 0.251 e. The first-order valence-electron chi connectivity index (χ1n) is 9.89. The van der Waals surface area contributed by atoms with E-state index < -0.39 is 0 Å². The molecular formula is C22H24ClN3O3. The highest BCUT2D eigenvalue weighted by Gasteiger charge is 2.17. The van der Waals surface area contributed by atoms with Crippen LogP contribution in [0.5, 0.6) is 0 Å². The van der Waals surface area contributed by atoms with Crippen LogP contribution in [0.4, 0.5) is 0 Å². The van der Waals surface area contributed by atoms with Gasteiger partial charge in [-0.2, -0.15) is 0 Å². The van der Waals surface area contributed by atoms with Crippen molar-refractivity contribution in [3.05, 3.63) is 64.5 Å². The molecule has 2 heterocycles. The lowest BCUT2D eigenvalue weighted by Gasteiger charge is -2.29. The maximum Gasteiger partial charge on any atom is 0.251 e. The van der Waals surface area contributed by atoms with Crippen molar-refractivity contribution in [2.45, 2.75) is 25.4 Å². The lowest BCUT2D eigenvalue weighted by Crippen LogP contribution is -2.42. The lowest BCUT2D eigenvalue weighted by molar-refractivity contribution is 0.0703. The highest BCUT2D eigenvalue weighted by Crippen LogP contribution is 2.20. The molecule has 1 amide bonds. The molecule has 1 atom stereocenters. The van der Waals surface area contributed by atoms with Gasteiger partial charge in [-0.1, -0.05) is 23.7 Å². The Morgan fingerprint density at radius 1 is 1.31 bits per heavy atom. The summed E-state index contributed by atoms with van der Waals surface area (Å²) in [5.41, 5.74) is 2.88. The van der Waals surface area contributed by atoms with E-state index in [0.29, 0.717) is 41.6 Å². The Morgan fingerprint density at radius 3 is 3.03 bits per heavy atom. The van der Waals surface area contributed by atoms with Gasteiger partial charge in [0.25, 0.3) is 5.91 Å². The summed E-state index contributed by atoms with van der Waals surface area (Å²) in [6.45, 7) is 2.92. The third kappa shape index (κ3) is 5.15. The molecule has 6 nitrogen and oxygen atoms in total. The molecular weight excluding hydrogens is 390 g/mol. The number of amides is 1.